The molecule has 5 nitrogen and oxygen atoms in total. The largest absolute Gasteiger partial charge is 0.395 e. The average molecular weight is 372 g/mol. The van der Waals surface area contributed by atoms with Gasteiger partial charge < -0.3 is 10.0 Å². The maximum atomic E-state index is 9.39. The van der Waals surface area contributed by atoms with E-state index in [-0.39, 0.29) is 6.61 Å². The molecule has 0 amide bonds. The van der Waals surface area contributed by atoms with Gasteiger partial charge in [-0.05, 0) is 12.0 Å². The van der Waals surface area contributed by atoms with Crippen LogP contribution in [-0.2, 0) is 6.42 Å². The van der Waals surface area contributed by atoms with Crippen molar-refractivity contribution in [1.82, 2.24) is 14.6 Å². The summed E-state index contributed by atoms with van der Waals surface area (Å²) in [5.74, 6) is 0.820. The molecule has 0 fully saturated rings. The number of anilines is 1. The topological polar surface area (TPSA) is 53.7 Å². The zero-order valence-corrected chi connectivity index (χ0v) is 16.2. The molecule has 2 aromatic heterocycles. The minimum atomic E-state index is 0.0784. The van der Waals surface area contributed by atoms with Crippen molar-refractivity contribution in [3.8, 4) is 22.4 Å². The molecule has 0 saturated carbocycles. The van der Waals surface area contributed by atoms with E-state index in [2.05, 4.69) is 31.2 Å². The number of hydrogen-bond donors (Lipinski definition) is 1. The molecule has 0 aliphatic carbocycles. The average Bonchev–Trinajstić information content (AvgIpc) is 3.13. The monoisotopic (exact) mass is 372 g/mol. The summed E-state index contributed by atoms with van der Waals surface area (Å²) in [5, 5.41) is 14.3. The van der Waals surface area contributed by atoms with Crippen LogP contribution < -0.4 is 4.90 Å². The van der Waals surface area contributed by atoms with Crippen molar-refractivity contribution in [3.05, 3.63) is 72.4 Å². The van der Waals surface area contributed by atoms with E-state index >= 15 is 0 Å². The highest BCUT2D eigenvalue weighted by Crippen LogP contribution is 2.33. The fourth-order valence-corrected chi connectivity index (χ4v) is 3.47. The van der Waals surface area contributed by atoms with Crippen molar-refractivity contribution in [2.75, 3.05) is 25.1 Å². The van der Waals surface area contributed by atoms with Crippen LogP contribution in [0.4, 0.5) is 5.82 Å². The number of benzene rings is 2. The van der Waals surface area contributed by atoms with Crippen molar-refractivity contribution >= 4 is 11.5 Å². The highest BCUT2D eigenvalue weighted by atomic mass is 16.3. The van der Waals surface area contributed by atoms with Crippen LogP contribution in [0, 0.1) is 0 Å². The summed E-state index contributed by atoms with van der Waals surface area (Å²) in [6.07, 6.45) is 0.823. The maximum absolute atomic E-state index is 9.39. The molecule has 0 bridgehead atoms. The molecule has 0 saturated heterocycles. The molecule has 0 radical (unpaired) electrons. The van der Waals surface area contributed by atoms with Crippen LogP contribution in [0.2, 0.25) is 0 Å². The van der Waals surface area contributed by atoms with Gasteiger partial charge in [0.15, 0.2) is 5.65 Å². The molecule has 0 spiro atoms. The van der Waals surface area contributed by atoms with Gasteiger partial charge in [0.1, 0.15) is 5.82 Å². The summed E-state index contributed by atoms with van der Waals surface area (Å²) in [6, 6.07) is 22.6. The highest BCUT2D eigenvalue weighted by molar-refractivity contribution is 5.83. The summed E-state index contributed by atoms with van der Waals surface area (Å²) >= 11 is 0. The molecule has 0 aliphatic rings. The molecule has 2 aromatic carbocycles. The Labute approximate surface area is 164 Å². The van der Waals surface area contributed by atoms with Gasteiger partial charge in [-0.25, -0.2) is 9.50 Å². The Bertz CT molecular complexity index is 1070. The second-order valence-electron chi connectivity index (χ2n) is 6.79. The molecule has 0 atom stereocenters. The van der Waals surface area contributed by atoms with E-state index in [1.807, 2.05) is 58.9 Å². The zero-order chi connectivity index (χ0) is 19.5. The molecule has 142 valence electrons. The molecule has 2 heterocycles. The molecule has 28 heavy (non-hydrogen) atoms. The molecule has 5 heteroatoms. The van der Waals surface area contributed by atoms with E-state index in [1.54, 1.807) is 0 Å². The summed E-state index contributed by atoms with van der Waals surface area (Å²) in [7, 11) is 1.95. The number of rotatable bonds is 6. The number of hydrogen-bond acceptors (Lipinski definition) is 4. The first-order valence-corrected chi connectivity index (χ1v) is 9.58. The molecular formula is C23H24N4O. The SMILES string of the molecule is CCc1nn2c(-c3ccccc3)cc(N(C)CCO)nc2c1-c1ccccc1. The minimum Gasteiger partial charge on any atom is -0.395 e. The normalized spacial score (nSPS) is 11.1. The lowest BCUT2D eigenvalue weighted by atomic mass is 10.0. The van der Waals surface area contributed by atoms with Crippen molar-refractivity contribution in [2.45, 2.75) is 13.3 Å². The molecule has 1 N–H and O–H groups in total. The zero-order valence-electron chi connectivity index (χ0n) is 16.2. The number of nitrogens with zero attached hydrogens (tertiary/aromatic N) is 4. The number of aliphatic hydroxyl groups excluding tert-OH is 1. The van der Waals surface area contributed by atoms with Gasteiger partial charge >= 0.3 is 0 Å². The van der Waals surface area contributed by atoms with Gasteiger partial charge in [0, 0.05) is 30.8 Å². The van der Waals surface area contributed by atoms with E-state index in [1.165, 1.54) is 0 Å². The van der Waals surface area contributed by atoms with Crippen LogP contribution in [-0.4, -0.2) is 39.9 Å². The fourth-order valence-electron chi connectivity index (χ4n) is 3.47. The third-order valence-corrected chi connectivity index (χ3v) is 4.94. The third-order valence-electron chi connectivity index (χ3n) is 4.94. The molecular weight excluding hydrogens is 348 g/mol. The van der Waals surface area contributed by atoms with Crippen LogP contribution in [0.15, 0.2) is 66.7 Å². The summed E-state index contributed by atoms with van der Waals surface area (Å²) in [4.78, 5) is 6.91. The smallest absolute Gasteiger partial charge is 0.166 e. The second-order valence-corrected chi connectivity index (χ2v) is 6.79. The first-order chi connectivity index (χ1) is 13.7. The Balaban J connectivity index is 2.04. The van der Waals surface area contributed by atoms with Gasteiger partial charge in [0.25, 0.3) is 0 Å². The van der Waals surface area contributed by atoms with E-state index < -0.39 is 0 Å². The Morgan fingerprint density at radius 1 is 0.964 bits per heavy atom. The van der Waals surface area contributed by atoms with Crippen LogP contribution >= 0.6 is 0 Å². The lowest BCUT2D eigenvalue weighted by Gasteiger charge is -2.18. The van der Waals surface area contributed by atoms with Gasteiger partial charge in [-0.3, -0.25) is 0 Å². The minimum absolute atomic E-state index is 0.0784. The number of aryl methyl sites for hydroxylation is 1. The summed E-state index contributed by atoms with van der Waals surface area (Å²) in [6.45, 7) is 2.72. The lowest BCUT2D eigenvalue weighted by molar-refractivity contribution is 0.304. The van der Waals surface area contributed by atoms with Crippen LogP contribution in [0.1, 0.15) is 12.6 Å². The van der Waals surface area contributed by atoms with Gasteiger partial charge in [0.2, 0.25) is 0 Å². The number of aromatic nitrogens is 3. The molecule has 4 rings (SSSR count). The molecule has 4 aromatic rings. The number of aliphatic hydroxyl groups is 1. The predicted octanol–water partition coefficient (Wildman–Crippen LogP) is 4.05. The van der Waals surface area contributed by atoms with Gasteiger partial charge in [-0.2, -0.15) is 5.10 Å². The van der Waals surface area contributed by atoms with Crippen LogP contribution in [0.3, 0.4) is 0 Å². The van der Waals surface area contributed by atoms with Crippen molar-refractivity contribution in [2.24, 2.45) is 0 Å². The van der Waals surface area contributed by atoms with Crippen LogP contribution in [0.25, 0.3) is 28.0 Å². The second kappa shape index (κ2) is 7.82. The Morgan fingerprint density at radius 2 is 1.61 bits per heavy atom. The Hall–Kier alpha value is -3.18. The van der Waals surface area contributed by atoms with E-state index in [4.69, 9.17) is 10.1 Å². The molecule has 0 unspecified atom stereocenters. The van der Waals surface area contributed by atoms with Crippen LogP contribution in [0.5, 0.6) is 0 Å². The third kappa shape index (κ3) is 3.25. The van der Waals surface area contributed by atoms with E-state index in [0.717, 1.165) is 46.0 Å². The maximum Gasteiger partial charge on any atom is 0.166 e. The highest BCUT2D eigenvalue weighted by Gasteiger charge is 2.19. The predicted molar refractivity (Wildman–Crippen MR) is 114 cm³/mol. The van der Waals surface area contributed by atoms with Gasteiger partial charge in [-0.15, -0.1) is 0 Å². The first kappa shape index (κ1) is 18.2. The lowest BCUT2D eigenvalue weighted by Crippen LogP contribution is -2.22. The number of likely N-dealkylation sites (N-methyl/N-ethyl adjacent to an activating group) is 1. The van der Waals surface area contributed by atoms with Gasteiger partial charge in [0.05, 0.1) is 18.0 Å². The number of fused-ring (bicyclic) bond motifs is 1. The van der Waals surface area contributed by atoms with Crippen molar-refractivity contribution in [3.63, 3.8) is 0 Å². The van der Waals surface area contributed by atoms with Crippen molar-refractivity contribution in [1.29, 1.82) is 0 Å². The first-order valence-electron chi connectivity index (χ1n) is 9.58. The summed E-state index contributed by atoms with van der Waals surface area (Å²) in [5.41, 5.74) is 6.12. The van der Waals surface area contributed by atoms with Crippen molar-refractivity contribution < 1.29 is 5.11 Å². The van der Waals surface area contributed by atoms with E-state index in [9.17, 15) is 5.11 Å². The Morgan fingerprint density at radius 3 is 2.21 bits per heavy atom. The molecule has 0 aliphatic heterocycles. The standard InChI is InChI=1S/C23H24N4O/c1-3-19-22(18-12-8-5-9-13-18)23-24-21(26(2)14-15-28)16-20(27(23)25-19)17-10-6-4-7-11-17/h4-13,16,28H,3,14-15H2,1-2H3. The summed E-state index contributed by atoms with van der Waals surface area (Å²) < 4.78 is 1.95. The fraction of sp³-hybridized carbons (Fsp3) is 0.217. The Kier molecular flexibility index (Phi) is 5.08. The van der Waals surface area contributed by atoms with E-state index in [0.29, 0.717) is 6.54 Å². The quantitative estimate of drug-likeness (QED) is 0.555. The van der Waals surface area contributed by atoms with Gasteiger partial charge in [-0.1, -0.05) is 67.6 Å².